The smallest absolute Gasteiger partial charge is 0.243 e. The molecule has 0 unspecified atom stereocenters. The molecule has 0 saturated carbocycles. The van der Waals surface area contributed by atoms with Crippen LogP contribution in [-0.4, -0.2) is 35.3 Å². The minimum Gasteiger partial charge on any atom is -0.370 e. The molecular formula is C19H30N4O3. The van der Waals surface area contributed by atoms with Crippen molar-refractivity contribution >= 4 is 17.7 Å². The number of carbonyl (C=O) groups is 3. The summed E-state index contributed by atoms with van der Waals surface area (Å²) in [6.45, 7) is 2.51. The van der Waals surface area contributed by atoms with Gasteiger partial charge in [-0.1, -0.05) is 38.7 Å². The van der Waals surface area contributed by atoms with Gasteiger partial charge in [0.1, 0.15) is 6.04 Å². The van der Waals surface area contributed by atoms with Gasteiger partial charge in [-0.25, -0.2) is 0 Å². The zero-order valence-electron chi connectivity index (χ0n) is 15.5. The third kappa shape index (κ3) is 9.76. The largest absolute Gasteiger partial charge is 0.370 e. The Morgan fingerprint density at radius 2 is 1.92 bits per heavy atom. The van der Waals surface area contributed by atoms with Crippen LogP contribution in [0.25, 0.3) is 0 Å². The normalized spacial score (nSPS) is 11.6. The van der Waals surface area contributed by atoms with E-state index in [2.05, 4.69) is 22.5 Å². The number of amides is 3. The fourth-order valence-corrected chi connectivity index (χ4v) is 2.55. The van der Waals surface area contributed by atoms with E-state index in [9.17, 15) is 14.4 Å². The molecule has 144 valence electrons. The van der Waals surface area contributed by atoms with Crippen LogP contribution in [0.2, 0.25) is 0 Å². The molecule has 0 aliphatic heterocycles. The summed E-state index contributed by atoms with van der Waals surface area (Å²) in [6.07, 6.45) is 7.55. The van der Waals surface area contributed by atoms with Crippen molar-refractivity contribution in [2.45, 2.75) is 64.3 Å². The maximum Gasteiger partial charge on any atom is 0.243 e. The fourth-order valence-electron chi connectivity index (χ4n) is 2.55. The Morgan fingerprint density at radius 3 is 2.58 bits per heavy atom. The van der Waals surface area contributed by atoms with Crippen LogP contribution in [0, 0.1) is 0 Å². The highest BCUT2D eigenvalue weighted by molar-refractivity contribution is 5.91. The molecule has 0 saturated heterocycles. The molecular weight excluding hydrogens is 332 g/mol. The van der Waals surface area contributed by atoms with Gasteiger partial charge in [-0.05, 0) is 18.6 Å². The predicted molar refractivity (Wildman–Crippen MR) is 100 cm³/mol. The molecule has 0 aliphatic carbocycles. The number of hydrogen-bond donors (Lipinski definition) is 3. The average Bonchev–Trinajstić information content (AvgIpc) is 2.61. The van der Waals surface area contributed by atoms with Gasteiger partial charge in [0, 0.05) is 31.3 Å². The van der Waals surface area contributed by atoms with Crippen LogP contribution >= 0.6 is 0 Å². The number of aromatic nitrogens is 1. The summed E-state index contributed by atoms with van der Waals surface area (Å²) in [4.78, 5) is 39.7. The fraction of sp³-hybridized carbons (Fsp3) is 0.579. The lowest BCUT2D eigenvalue weighted by molar-refractivity contribution is -0.131. The molecule has 4 N–H and O–H groups in total. The maximum absolute atomic E-state index is 12.3. The number of nitrogens with zero attached hydrogens (tertiary/aromatic N) is 1. The van der Waals surface area contributed by atoms with Crippen LogP contribution in [0.3, 0.4) is 0 Å². The van der Waals surface area contributed by atoms with E-state index >= 15 is 0 Å². The topological polar surface area (TPSA) is 114 Å². The highest BCUT2D eigenvalue weighted by Crippen LogP contribution is 2.05. The standard InChI is InChI=1S/C19H30N4O3/c1-2-3-4-5-6-10-18(25)23-16(14-17(20)24)19(26)22-13-11-15-9-7-8-12-21-15/h7-9,12,16H,2-6,10-11,13-14H2,1H3,(H2,20,24)(H,22,26)(H,23,25)/t16-/m1/s1. The van der Waals surface area contributed by atoms with E-state index in [1.54, 1.807) is 6.20 Å². The molecule has 7 heteroatoms. The van der Waals surface area contributed by atoms with Crippen molar-refractivity contribution in [1.82, 2.24) is 15.6 Å². The molecule has 1 heterocycles. The van der Waals surface area contributed by atoms with Crippen molar-refractivity contribution in [1.29, 1.82) is 0 Å². The summed E-state index contributed by atoms with van der Waals surface area (Å²) in [7, 11) is 0. The van der Waals surface area contributed by atoms with E-state index < -0.39 is 17.9 Å². The lowest BCUT2D eigenvalue weighted by atomic mass is 10.1. The van der Waals surface area contributed by atoms with Crippen LogP contribution < -0.4 is 16.4 Å². The Hall–Kier alpha value is -2.44. The molecule has 1 atom stereocenters. The highest BCUT2D eigenvalue weighted by Gasteiger charge is 2.22. The van der Waals surface area contributed by atoms with Crippen molar-refractivity contribution in [3.05, 3.63) is 30.1 Å². The van der Waals surface area contributed by atoms with Gasteiger partial charge < -0.3 is 16.4 Å². The van der Waals surface area contributed by atoms with Crippen molar-refractivity contribution < 1.29 is 14.4 Å². The number of hydrogen-bond acceptors (Lipinski definition) is 4. The van der Waals surface area contributed by atoms with Gasteiger partial charge in [0.25, 0.3) is 0 Å². The number of rotatable bonds is 13. The molecule has 0 bridgehead atoms. The predicted octanol–water partition coefficient (Wildman–Crippen LogP) is 1.46. The second-order valence-corrected chi connectivity index (χ2v) is 6.32. The Labute approximate surface area is 155 Å². The third-order valence-corrected chi connectivity index (χ3v) is 3.97. The van der Waals surface area contributed by atoms with Crippen LogP contribution in [0.4, 0.5) is 0 Å². The van der Waals surface area contributed by atoms with Gasteiger partial charge in [-0.2, -0.15) is 0 Å². The number of carbonyl (C=O) groups excluding carboxylic acids is 3. The summed E-state index contributed by atoms with van der Waals surface area (Å²) in [5.74, 6) is -1.26. The second-order valence-electron chi connectivity index (χ2n) is 6.32. The first-order valence-corrected chi connectivity index (χ1v) is 9.28. The van der Waals surface area contributed by atoms with Gasteiger partial charge in [0.05, 0.1) is 6.42 Å². The van der Waals surface area contributed by atoms with Crippen molar-refractivity contribution in [2.75, 3.05) is 6.54 Å². The Bertz CT molecular complexity index is 563. The highest BCUT2D eigenvalue weighted by atomic mass is 16.2. The summed E-state index contributed by atoms with van der Waals surface area (Å²) < 4.78 is 0. The zero-order chi connectivity index (χ0) is 19.2. The van der Waals surface area contributed by atoms with E-state index in [1.807, 2.05) is 18.2 Å². The van der Waals surface area contributed by atoms with Crippen molar-refractivity contribution in [3.63, 3.8) is 0 Å². The molecule has 1 rings (SSSR count). The third-order valence-electron chi connectivity index (χ3n) is 3.97. The average molecular weight is 362 g/mol. The number of pyridine rings is 1. The minimum absolute atomic E-state index is 0.211. The molecule has 0 aromatic carbocycles. The van der Waals surface area contributed by atoms with Crippen LogP contribution in [0.1, 0.15) is 57.6 Å². The molecule has 7 nitrogen and oxygen atoms in total. The summed E-state index contributed by atoms with van der Waals surface area (Å²) in [6, 6.07) is 4.64. The number of unbranched alkanes of at least 4 members (excludes halogenated alkanes) is 4. The number of primary amides is 1. The van der Waals surface area contributed by atoms with Crippen LogP contribution in [-0.2, 0) is 20.8 Å². The van der Waals surface area contributed by atoms with Gasteiger partial charge >= 0.3 is 0 Å². The van der Waals surface area contributed by atoms with Gasteiger partial charge in [-0.15, -0.1) is 0 Å². The quantitative estimate of drug-likeness (QED) is 0.461. The SMILES string of the molecule is CCCCCCCC(=O)N[C@H](CC(N)=O)C(=O)NCCc1ccccn1. The zero-order valence-corrected chi connectivity index (χ0v) is 15.5. The molecule has 0 radical (unpaired) electrons. The molecule has 3 amide bonds. The molecule has 0 fully saturated rings. The van der Waals surface area contributed by atoms with Crippen LogP contribution in [0.15, 0.2) is 24.4 Å². The van der Waals surface area contributed by atoms with E-state index in [0.717, 1.165) is 37.8 Å². The van der Waals surface area contributed by atoms with E-state index in [-0.39, 0.29) is 12.3 Å². The first-order valence-electron chi connectivity index (χ1n) is 9.28. The van der Waals surface area contributed by atoms with E-state index in [0.29, 0.717) is 19.4 Å². The lowest BCUT2D eigenvalue weighted by Gasteiger charge is -2.17. The maximum atomic E-state index is 12.3. The Balaban J connectivity index is 2.39. The van der Waals surface area contributed by atoms with Crippen molar-refractivity contribution in [2.24, 2.45) is 5.73 Å². The molecule has 0 spiro atoms. The molecule has 0 aliphatic rings. The van der Waals surface area contributed by atoms with E-state index in [1.165, 1.54) is 0 Å². The summed E-state index contributed by atoms with van der Waals surface area (Å²) in [5.41, 5.74) is 6.06. The number of nitrogens with one attached hydrogen (secondary N) is 2. The summed E-state index contributed by atoms with van der Waals surface area (Å²) in [5, 5.41) is 5.34. The van der Waals surface area contributed by atoms with E-state index in [4.69, 9.17) is 5.73 Å². The van der Waals surface area contributed by atoms with Gasteiger partial charge in [-0.3, -0.25) is 19.4 Å². The van der Waals surface area contributed by atoms with Crippen LogP contribution in [0.5, 0.6) is 0 Å². The molecule has 1 aromatic heterocycles. The summed E-state index contributed by atoms with van der Waals surface area (Å²) >= 11 is 0. The second kappa shape index (κ2) is 12.9. The Kier molecular flexibility index (Phi) is 10.7. The molecule has 1 aromatic rings. The monoisotopic (exact) mass is 362 g/mol. The number of nitrogens with two attached hydrogens (primary N) is 1. The van der Waals surface area contributed by atoms with Gasteiger partial charge in [0.15, 0.2) is 0 Å². The molecule has 26 heavy (non-hydrogen) atoms. The lowest BCUT2D eigenvalue weighted by Crippen LogP contribution is -2.49. The van der Waals surface area contributed by atoms with Gasteiger partial charge in [0.2, 0.25) is 17.7 Å². The first kappa shape index (κ1) is 21.6. The first-order chi connectivity index (χ1) is 12.5. The Morgan fingerprint density at radius 1 is 1.15 bits per heavy atom. The van der Waals surface area contributed by atoms with Crippen molar-refractivity contribution in [3.8, 4) is 0 Å². The minimum atomic E-state index is -0.931.